The van der Waals surface area contributed by atoms with Crippen molar-refractivity contribution in [1.29, 1.82) is 0 Å². The zero-order valence-electron chi connectivity index (χ0n) is 24.5. The van der Waals surface area contributed by atoms with Gasteiger partial charge in [-0.1, -0.05) is 13.3 Å². The summed E-state index contributed by atoms with van der Waals surface area (Å²) < 4.78 is 52.2. The number of pyridine rings is 1. The van der Waals surface area contributed by atoms with E-state index in [9.17, 15) is 18.0 Å². The summed E-state index contributed by atoms with van der Waals surface area (Å²) in [6.07, 6.45) is 1.83. The van der Waals surface area contributed by atoms with Crippen LogP contribution in [0, 0.1) is 5.41 Å². The summed E-state index contributed by atoms with van der Waals surface area (Å²) in [5.74, 6) is 0.744. The number of benzene rings is 1. The van der Waals surface area contributed by atoms with E-state index in [1.807, 2.05) is 20.0 Å². The predicted molar refractivity (Wildman–Crippen MR) is 154 cm³/mol. The van der Waals surface area contributed by atoms with E-state index in [1.54, 1.807) is 34.9 Å². The smallest absolute Gasteiger partial charge is 0.376 e. The highest BCUT2D eigenvalue weighted by atomic mass is 19.4. The third-order valence-electron chi connectivity index (χ3n) is 8.30. The first-order valence-electron chi connectivity index (χ1n) is 14.2. The van der Waals surface area contributed by atoms with Gasteiger partial charge in [0.1, 0.15) is 18.0 Å². The van der Waals surface area contributed by atoms with Gasteiger partial charge < -0.3 is 14.6 Å². The maximum absolute atomic E-state index is 14.3. The fraction of sp³-hybridized carbons (Fsp3) is 0.433. The van der Waals surface area contributed by atoms with Gasteiger partial charge in [-0.25, -0.2) is 4.98 Å². The van der Waals surface area contributed by atoms with Crippen LogP contribution in [0.2, 0.25) is 0 Å². The number of halogens is 3. The van der Waals surface area contributed by atoms with Crippen LogP contribution in [-0.4, -0.2) is 48.6 Å². The van der Waals surface area contributed by atoms with Crippen LogP contribution in [0.25, 0.3) is 22.6 Å². The van der Waals surface area contributed by atoms with Gasteiger partial charge >= 0.3 is 6.18 Å². The number of aromatic nitrogens is 6. The first-order chi connectivity index (χ1) is 20.5. The molecule has 1 aromatic carbocycles. The van der Waals surface area contributed by atoms with Gasteiger partial charge in [0.05, 0.1) is 42.8 Å². The summed E-state index contributed by atoms with van der Waals surface area (Å²) in [6, 6.07) is 6.14. The minimum Gasteiger partial charge on any atom is -0.376 e. The van der Waals surface area contributed by atoms with Gasteiger partial charge in [0.2, 0.25) is 0 Å². The molecule has 1 aliphatic carbocycles. The van der Waals surface area contributed by atoms with Crippen molar-refractivity contribution in [2.24, 2.45) is 19.5 Å². The molecular formula is C30H33F3N8O2. The second-order valence-corrected chi connectivity index (χ2v) is 11.6. The highest BCUT2D eigenvalue weighted by Crippen LogP contribution is 2.42. The summed E-state index contributed by atoms with van der Waals surface area (Å²) in [5, 5.41) is 15.8. The number of hydrogen-bond acceptors (Lipinski definition) is 7. The fourth-order valence-electron chi connectivity index (χ4n) is 5.86. The number of hydrogen-bond donors (Lipinski definition) is 1. The number of anilines is 2. The SMILES string of the molecule is CCNc1cc(-c2c(-c3nncn3C)cnn2C)cc(N2Cc3c(cc(COCC4(C)CCC4)cc3C(F)(F)F)C2=O)n1. The van der Waals surface area contributed by atoms with E-state index in [2.05, 4.69) is 32.5 Å². The number of carbonyl (C=O) groups excluding carboxylic acids is 1. The Bertz CT molecular complexity index is 1690. The Morgan fingerprint density at radius 3 is 2.56 bits per heavy atom. The first-order valence-corrected chi connectivity index (χ1v) is 14.2. The summed E-state index contributed by atoms with van der Waals surface area (Å²) in [4.78, 5) is 19.7. The molecule has 13 heteroatoms. The number of ether oxygens (including phenoxy) is 1. The quantitative estimate of drug-likeness (QED) is 0.269. The zero-order valence-corrected chi connectivity index (χ0v) is 24.5. The van der Waals surface area contributed by atoms with Gasteiger partial charge in [-0.3, -0.25) is 14.4 Å². The van der Waals surface area contributed by atoms with Gasteiger partial charge in [-0.2, -0.15) is 18.3 Å². The lowest BCUT2D eigenvalue weighted by atomic mass is 9.71. The molecule has 1 aliphatic heterocycles. The van der Waals surface area contributed by atoms with Crippen LogP contribution < -0.4 is 10.2 Å². The van der Waals surface area contributed by atoms with Crippen molar-refractivity contribution < 1.29 is 22.7 Å². The summed E-state index contributed by atoms with van der Waals surface area (Å²) >= 11 is 0. The topological polar surface area (TPSA) is 103 Å². The van der Waals surface area contributed by atoms with Crippen LogP contribution >= 0.6 is 0 Å². The molecule has 1 fully saturated rings. The van der Waals surface area contributed by atoms with Crippen LogP contribution in [-0.2, 0) is 38.2 Å². The molecule has 3 aromatic heterocycles. The number of aryl methyl sites for hydroxylation is 2. The van der Waals surface area contributed by atoms with Crippen molar-refractivity contribution in [3.63, 3.8) is 0 Å². The number of nitrogens with one attached hydrogen (secondary N) is 1. The lowest BCUT2D eigenvalue weighted by Gasteiger charge is -2.37. The molecule has 10 nitrogen and oxygen atoms in total. The highest BCUT2D eigenvalue weighted by Gasteiger charge is 2.41. The first kappa shape index (κ1) is 28.8. The molecule has 4 aromatic rings. The van der Waals surface area contributed by atoms with Gasteiger partial charge in [0.25, 0.3) is 5.91 Å². The Labute approximate surface area is 246 Å². The summed E-state index contributed by atoms with van der Waals surface area (Å²) in [7, 11) is 3.60. The third kappa shape index (κ3) is 5.37. The Morgan fingerprint density at radius 1 is 1.12 bits per heavy atom. The monoisotopic (exact) mass is 594 g/mol. The van der Waals surface area contributed by atoms with Crippen molar-refractivity contribution in [3.05, 3.63) is 59.0 Å². The molecule has 1 N–H and O–H groups in total. The molecule has 0 bridgehead atoms. The molecule has 0 saturated heterocycles. The molecule has 2 aliphatic rings. The normalized spacial score (nSPS) is 16.0. The molecule has 0 radical (unpaired) electrons. The molecule has 4 heterocycles. The van der Waals surface area contributed by atoms with Crippen LogP contribution in [0.5, 0.6) is 0 Å². The lowest BCUT2D eigenvalue weighted by molar-refractivity contribution is -0.138. The highest BCUT2D eigenvalue weighted by molar-refractivity contribution is 6.10. The third-order valence-corrected chi connectivity index (χ3v) is 8.30. The summed E-state index contributed by atoms with van der Waals surface area (Å²) in [5.41, 5.74) is 1.58. The lowest BCUT2D eigenvalue weighted by Crippen LogP contribution is -2.30. The second kappa shape index (κ2) is 10.8. The largest absolute Gasteiger partial charge is 0.416 e. The van der Waals surface area contributed by atoms with Crippen LogP contribution in [0.4, 0.5) is 24.8 Å². The minimum atomic E-state index is -4.64. The maximum Gasteiger partial charge on any atom is 0.416 e. The van der Waals surface area contributed by atoms with Crippen LogP contribution in [0.15, 0.2) is 36.8 Å². The van der Waals surface area contributed by atoms with Crippen molar-refractivity contribution in [2.75, 3.05) is 23.4 Å². The minimum absolute atomic E-state index is 0.00282. The molecular weight excluding hydrogens is 561 g/mol. The van der Waals surface area contributed by atoms with Crippen molar-refractivity contribution in [3.8, 4) is 22.6 Å². The Morgan fingerprint density at radius 2 is 1.91 bits per heavy atom. The number of fused-ring (bicyclic) bond motifs is 1. The van der Waals surface area contributed by atoms with Crippen LogP contribution in [0.1, 0.15) is 60.2 Å². The Balaban J connectivity index is 1.38. The second-order valence-electron chi connectivity index (χ2n) is 11.6. The molecule has 0 spiro atoms. The average molecular weight is 595 g/mol. The molecule has 1 saturated carbocycles. The zero-order chi connectivity index (χ0) is 30.5. The number of rotatable bonds is 9. The molecule has 1 amide bonds. The number of amides is 1. The van der Waals surface area contributed by atoms with Gasteiger partial charge in [0.15, 0.2) is 5.82 Å². The average Bonchev–Trinajstić information content (AvgIpc) is 3.63. The molecule has 0 atom stereocenters. The molecule has 226 valence electrons. The number of carbonyl (C=O) groups is 1. The number of nitrogens with zero attached hydrogens (tertiary/aromatic N) is 7. The van der Waals surface area contributed by atoms with E-state index >= 15 is 0 Å². The van der Waals surface area contributed by atoms with Crippen molar-refractivity contribution in [1.82, 2.24) is 29.5 Å². The molecule has 0 unspecified atom stereocenters. The standard InChI is InChI=1S/C30H33F3N8O2/c1-5-34-24-11-19(26-21(13-36-40(26)4)27-38-35-17-39(27)3)12-25(37-24)41-14-22-20(28(41)42)9-18(10-23(22)30(31,32)33)15-43-16-29(2)7-6-8-29/h9-13,17H,5-8,14-16H2,1-4H3,(H,34,37). The van der Waals surface area contributed by atoms with E-state index in [0.717, 1.165) is 25.3 Å². The summed E-state index contributed by atoms with van der Waals surface area (Å²) in [6.45, 7) is 4.79. The van der Waals surface area contributed by atoms with E-state index in [0.29, 0.717) is 47.2 Å². The molecule has 6 rings (SSSR count). The van der Waals surface area contributed by atoms with E-state index in [-0.39, 0.29) is 35.5 Å². The van der Waals surface area contributed by atoms with Gasteiger partial charge in [-0.05, 0) is 60.6 Å². The van der Waals surface area contributed by atoms with Gasteiger partial charge in [-0.15, -0.1) is 10.2 Å². The Hall–Kier alpha value is -4.26. The van der Waals surface area contributed by atoms with E-state index < -0.39 is 17.6 Å². The molecule has 43 heavy (non-hydrogen) atoms. The Kier molecular flexibility index (Phi) is 7.23. The predicted octanol–water partition coefficient (Wildman–Crippen LogP) is 5.60. The van der Waals surface area contributed by atoms with Crippen LogP contribution in [0.3, 0.4) is 0 Å². The van der Waals surface area contributed by atoms with Gasteiger partial charge in [0, 0.05) is 31.8 Å². The number of alkyl halides is 3. The van der Waals surface area contributed by atoms with Crippen molar-refractivity contribution in [2.45, 2.75) is 52.4 Å². The van der Waals surface area contributed by atoms with E-state index in [1.165, 1.54) is 11.0 Å². The van der Waals surface area contributed by atoms with Crippen molar-refractivity contribution >= 4 is 17.5 Å². The van der Waals surface area contributed by atoms with E-state index in [4.69, 9.17) is 4.74 Å². The fourth-order valence-corrected chi connectivity index (χ4v) is 5.86. The maximum atomic E-state index is 14.3.